The van der Waals surface area contributed by atoms with Gasteiger partial charge in [0, 0.05) is 5.88 Å². The van der Waals surface area contributed by atoms with Crippen molar-refractivity contribution in [2.75, 3.05) is 0 Å². The van der Waals surface area contributed by atoms with Gasteiger partial charge in [0.2, 0.25) is 0 Å². The standard InChI is InChI=1S/C11H9Cl.C2H6/c12-8-10-6-3-5-9-4-1-2-7-11(9)10;1-2/h1-7H,8H2;1-2H3. The molecule has 0 atom stereocenters. The molecule has 0 aromatic heterocycles. The molecule has 0 unspecified atom stereocenters. The van der Waals surface area contributed by atoms with E-state index < -0.39 is 0 Å². The topological polar surface area (TPSA) is 0 Å². The van der Waals surface area contributed by atoms with Gasteiger partial charge in [-0.1, -0.05) is 56.3 Å². The molecule has 2 rings (SSSR count). The first-order valence-electron chi connectivity index (χ1n) is 4.94. The summed E-state index contributed by atoms with van der Waals surface area (Å²) in [4.78, 5) is 0. The Hall–Kier alpha value is -1.01. The Morgan fingerprint density at radius 2 is 1.57 bits per heavy atom. The molecule has 0 N–H and O–H groups in total. The molecule has 0 aliphatic rings. The van der Waals surface area contributed by atoms with Crippen LogP contribution in [0, 0.1) is 0 Å². The predicted molar refractivity (Wildman–Crippen MR) is 64.9 cm³/mol. The van der Waals surface area contributed by atoms with Crippen molar-refractivity contribution in [3.05, 3.63) is 48.0 Å². The van der Waals surface area contributed by atoms with Crippen molar-refractivity contribution < 1.29 is 0 Å². The van der Waals surface area contributed by atoms with Crippen LogP contribution in [0.15, 0.2) is 42.5 Å². The smallest absolute Gasteiger partial charge is 0.0480 e. The molecule has 74 valence electrons. The number of hydrogen-bond donors (Lipinski definition) is 0. The van der Waals surface area contributed by atoms with Crippen molar-refractivity contribution in [3.63, 3.8) is 0 Å². The van der Waals surface area contributed by atoms with Crippen molar-refractivity contribution >= 4 is 22.4 Å². The minimum absolute atomic E-state index is 0.585. The van der Waals surface area contributed by atoms with Crippen LogP contribution in [0.25, 0.3) is 10.8 Å². The highest BCUT2D eigenvalue weighted by Gasteiger charge is 1.96. The lowest BCUT2D eigenvalue weighted by atomic mass is 10.1. The van der Waals surface area contributed by atoms with Gasteiger partial charge in [-0.3, -0.25) is 0 Å². The largest absolute Gasteiger partial charge is 0.122 e. The molecule has 0 bridgehead atoms. The quantitative estimate of drug-likeness (QED) is 0.598. The molecule has 1 heteroatoms. The number of benzene rings is 2. The second kappa shape index (κ2) is 5.66. The highest BCUT2D eigenvalue weighted by Crippen LogP contribution is 2.19. The van der Waals surface area contributed by atoms with Crippen LogP contribution < -0.4 is 0 Å². The highest BCUT2D eigenvalue weighted by atomic mass is 35.5. The molecule has 2 aromatic carbocycles. The summed E-state index contributed by atoms with van der Waals surface area (Å²) < 4.78 is 0. The Bertz CT molecular complexity index is 388. The molecule has 0 nitrogen and oxygen atoms in total. The zero-order valence-corrected chi connectivity index (χ0v) is 9.38. The summed E-state index contributed by atoms with van der Waals surface area (Å²) in [7, 11) is 0. The van der Waals surface area contributed by atoms with Crippen molar-refractivity contribution in [1.29, 1.82) is 0 Å². The third kappa shape index (κ3) is 2.27. The normalized spacial score (nSPS) is 9.36. The van der Waals surface area contributed by atoms with E-state index >= 15 is 0 Å². The summed E-state index contributed by atoms with van der Waals surface area (Å²) in [6, 6.07) is 14.5. The van der Waals surface area contributed by atoms with E-state index in [4.69, 9.17) is 11.6 Å². The van der Waals surface area contributed by atoms with Gasteiger partial charge in [-0.25, -0.2) is 0 Å². The molecule has 0 aliphatic carbocycles. The maximum Gasteiger partial charge on any atom is 0.0480 e. The number of alkyl halides is 1. The molecule has 0 fully saturated rings. The summed E-state index contributed by atoms with van der Waals surface area (Å²) in [5.74, 6) is 0.585. The van der Waals surface area contributed by atoms with Gasteiger partial charge in [0.05, 0.1) is 0 Å². The van der Waals surface area contributed by atoms with Gasteiger partial charge in [-0.05, 0) is 16.3 Å². The Labute approximate surface area is 90.5 Å². The molecule has 0 aliphatic heterocycles. The maximum atomic E-state index is 5.81. The van der Waals surface area contributed by atoms with Gasteiger partial charge in [0.25, 0.3) is 0 Å². The Morgan fingerprint density at radius 1 is 0.929 bits per heavy atom. The zero-order chi connectivity index (χ0) is 10.4. The minimum atomic E-state index is 0.585. The van der Waals surface area contributed by atoms with Crippen LogP contribution in [0.4, 0.5) is 0 Å². The maximum absolute atomic E-state index is 5.81. The molecule has 0 saturated heterocycles. The molecule has 0 saturated carbocycles. The predicted octanol–water partition coefficient (Wildman–Crippen LogP) is 4.60. The van der Waals surface area contributed by atoms with E-state index in [-0.39, 0.29) is 0 Å². The lowest BCUT2D eigenvalue weighted by Crippen LogP contribution is -1.79. The summed E-state index contributed by atoms with van der Waals surface area (Å²) in [5, 5.41) is 2.52. The first-order chi connectivity index (χ1) is 6.92. The lowest BCUT2D eigenvalue weighted by molar-refractivity contribution is 1.45. The zero-order valence-electron chi connectivity index (χ0n) is 8.63. The molecule has 0 heterocycles. The average Bonchev–Trinajstić information content (AvgIpc) is 2.31. The van der Waals surface area contributed by atoms with Gasteiger partial charge in [-0.15, -0.1) is 11.6 Å². The number of rotatable bonds is 1. The molecule has 0 amide bonds. The van der Waals surface area contributed by atoms with Crippen molar-refractivity contribution in [1.82, 2.24) is 0 Å². The summed E-state index contributed by atoms with van der Waals surface area (Å²) in [6.07, 6.45) is 0. The molecular formula is C13H15Cl. The van der Waals surface area contributed by atoms with E-state index in [2.05, 4.69) is 24.3 Å². The number of hydrogen-bond acceptors (Lipinski definition) is 0. The molecule has 0 radical (unpaired) electrons. The molecule has 2 aromatic rings. The van der Waals surface area contributed by atoms with E-state index in [1.54, 1.807) is 0 Å². The van der Waals surface area contributed by atoms with E-state index in [1.807, 2.05) is 32.0 Å². The molecular weight excluding hydrogens is 192 g/mol. The first-order valence-corrected chi connectivity index (χ1v) is 5.48. The van der Waals surface area contributed by atoms with Crippen molar-refractivity contribution in [2.24, 2.45) is 0 Å². The third-order valence-corrected chi connectivity index (χ3v) is 2.31. The first kappa shape index (κ1) is 11.1. The second-order valence-corrected chi connectivity index (χ2v) is 3.04. The Kier molecular flexibility index (Phi) is 4.48. The molecule has 14 heavy (non-hydrogen) atoms. The Morgan fingerprint density at radius 3 is 2.29 bits per heavy atom. The van der Waals surface area contributed by atoms with Crippen LogP contribution in [0.2, 0.25) is 0 Å². The average molecular weight is 207 g/mol. The van der Waals surface area contributed by atoms with Crippen LogP contribution in [0.5, 0.6) is 0 Å². The Balaban J connectivity index is 0.000000461. The van der Waals surface area contributed by atoms with E-state index in [0.29, 0.717) is 5.88 Å². The third-order valence-electron chi connectivity index (χ3n) is 2.02. The number of fused-ring (bicyclic) bond motifs is 1. The second-order valence-electron chi connectivity index (χ2n) is 2.77. The van der Waals surface area contributed by atoms with Crippen molar-refractivity contribution in [3.8, 4) is 0 Å². The fourth-order valence-corrected chi connectivity index (χ4v) is 1.64. The van der Waals surface area contributed by atoms with Gasteiger partial charge < -0.3 is 0 Å². The van der Waals surface area contributed by atoms with Crippen LogP contribution in [-0.4, -0.2) is 0 Å². The summed E-state index contributed by atoms with van der Waals surface area (Å²) in [5.41, 5.74) is 1.20. The minimum Gasteiger partial charge on any atom is -0.122 e. The van der Waals surface area contributed by atoms with Crippen molar-refractivity contribution in [2.45, 2.75) is 19.7 Å². The fourth-order valence-electron chi connectivity index (χ4n) is 1.41. The van der Waals surface area contributed by atoms with Crippen LogP contribution in [0.3, 0.4) is 0 Å². The van der Waals surface area contributed by atoms with Crippen LogP contribution >= 0.6 is 11.6 Å². The fraction of sp³-hybridized carbons (Fsp3) is 0.231. The number of halogens is 1. The van der Waals surface area contributed by atoms with Gasteiger partial charge in [0.1, 0.15) is 0 Å². The van der Waals surface area contributed by atoms with E-state index in [1.165, 1.54) is 16.3 Å². The summed E-state index contributed by atoms with van der Waals surface area (Å²) in [6.45, 7) is 4.00. The van der Waals surface area contributed by atoms with E-state index in [0.717, 1.165) is 0 Å². The summed E-state index contributed by atoms with van der Waals surface area (Å²) >= 11 is 5.81. The van der Waals surface area contributed by atoms with Gasteiger partial charge in [0.15, 0.2) is 0 Å². The molecule has 0 spiro atoms. The monoisotopic (exact) mass is 206 g/mol. The van der Waals surface area contributed by atoms with Crippen LogP contribution in [-0.2, 0) is 5.88 Å². The lowest BCUT2D eigenvalue weighted by Gasteiger charge is -2.01. The van der Waals surface area contributed by atoms with E-state index in [9.17, 15) is 0 Å². The van der Waals surface area contributed by atoms with Gasteiger partial charge in [-0.2, -0.15) is 0 Å². The van der Waals surface area contributed by atoms with Crippen LogP contribution in [0.1, 0.15) is 19.4 Å². The SMILES string of the molecule is CC.ClCc1cccc2ccccc12. The van der Waals surface area contributed by atoms with Gasteiger partial charge >= 0.3 is 0 Å². The highest BCUT2D eigenvalue weighted by molar-refractivity contribution is 6.18.